The molecular formula is C16H24N4O3S2. The van der Waals surface area contributed by atoms with Crippen LogP contribution in [0, 0.1) is 6.92 Å². The maximum atomic E-state index is 13.0. The minimum absolute atomic E-state index is 0.360. The van der Waals surface area contributed by atoms with Crippen LogP contribution in [0.3, 0.4) is 0 Å². The first-order valence-electron chi connectivity index (χ1n) is 8.61. The lowest BCUT2D eigenvalue weighted by Crippen LogP contribution is -2.48. The number of sulfonamides is 1. The van der Waals surface area contributed by atoms with E-state index in [0.717, 1.165) is 35.8 Å². The molecule has 0 amide bonds. The molecule has 3 heterocycles. The lowest BCUT2D eigenvalue weighted by atomic mass is 10.3. The van der Waals surface area contributed by atoms with Gasteiger partial charge in [-0.05, 0) is 26.0 Å². The van der Waals surface area contributed by atoms with Crippen molar-refractivity contribution in [3.63, 3.8) is 0 Å². The van der Waals surface area contributed by atoms with E-state index in [4.69, 9.17) is 4.52 Å². The summed E-state index contributed by atoms with van der Waals surface area (Å²) in [7, 11) is -3.49. The molecule has 0 unspecified atom stereocenters. The van der Waals surface area contributed by atoms with Gasteiger partial charge in [-0.15, -0.1) is 11.3 Å². The highest BCUT2D eigenvalue weighted by atomic mass is 32.2. The van der Waals surface area contributed by atoms with E-state index in [1.54, 1.807) is 10.4 Å². The smallest absolute Gasteiger partial charge is 0.244 e. The Kier molecular flexibility index (Phi) is 5.57. The summed E-state index contributed by atoms with van der Waals surface area (Å²) in [6.45, 7) is 9.57. The van der Waals surface area contributed by atoms with E-state index >= 15 is 0 Å². The van der Waals surface area contributed by atoms with Crippen molar-refractivity contribution < 1.29 is 12.9 Å². The topological polar surface area (TPSA) is 79.5 Å². The van der Waals surface area contributed by atoms with Gasteiger partial charge in [-0.3, -0.25) is 0 Å². The Labute approximate surface area is 152 Å². The van der Waals surface area contributed by atoms with Crippen molar-refractivity contribution in [1.29, 1.82) is 0 Å². The zero-order valence-electron chi connectivity index (χ0n) is 14.9. The molecule has 0 spiro atoms. The van der Waals surface area contributed by atoms with Crippen molar-refractivity contribution in [2.24, 2.45) is 0 Å². The molecule has 0 bridgehead atoms. The van der Waals surface area contributed by atoms with Crippen LogP contribution in [0.15, 0.2) is 15.5 Å². The normalized spacial score (nSPS) is 17.2. The molecule has 25 heavy (non-hydrogen) atoms. The lowest BCUT2D eigenvalue weighted by Gasteiger charge is -2.33. The molecule has 1 fully saturated rings. The summed E-state index contributed by atoms with van der Waals surface area (Å²) in [5, 5.41) is 3.95. The van der Waals surface area contributed by atoms with Gasteiger partial charge in [0.1, 0.15) is 0 Å². The quantitative estimate of drug-likeness (QED) is 0.761. The van der Waals surface area contributed by atoms with E-state index in [1.807, 2.05) is 13.8 Å². The first kappa shape index (κ1) is 18.5. The van der Waals surface area contributed by atoms with Gasteiger partial charge in [0, 0.05) is 37.5 Å². The summed E-state index contributed by atoms with van der Waals surface area (Å²) in [6, 6.07) is 1.68. The molecule has 2 aromatic heterocycles. The Hall–Kier alpha value is -1.29. The van der Waals surface area contributed by atoms with Gasteiger partial charge in [0.15, 0.2) is 0 Å². The van der Waals surface area contributed by atoms with E-state index in [9.17, 15) is 8.42 Å². The van der Waals surface area contributed by atoms with E-state index < -0.39 is 10.0 Å². The van der Waals surface area contributed by atoms with Gasteiger partial charge in [0.2, 0.25) is 21.7 Å². The second-order valence-electron chi connectivity index (χ2n) is 6.14. The van der Waals surface area contributed by atoms with Gasteiger partial charge in [0.25, 0.3) is 0 Å². The fraction of sp³-hybridized carbons (Fsp3) is 0.625. The third-order valence-corrected chi connectivity index (χ3v) is 7.55. The van der Waals surface area contributed by atoms with Crippen LogP contribution in [-0.4, -0.2) is 60.5 Å². The highest BCUT2D eigenvalue weighted by Crippen LogP contribution is 2.33. The molecule has 1 aliphatic rings. The van der Waals surface area contributed by atoms with Gasteiger partial charge in [-0.2, -0.15) is 9.29 Å². The van der Waals surface area contributed by atoms with Crippen molar-refractivity contribution in [3.8, 4) is 10.7 Å². The Morgan fingerprint density at radius 1 is 1.24 bits per heavy atom. The van der Waals surface area contributed by atoms with Crippen LogP contribution in [0.1, 0.15) is 31.0 Å². The zero-order valence-corrected chi connectivity index (χ0v) is 16.5. The van der Waals surface area contributed by atoms with E-state index in [2.05, 4.69) is 22.0 Å². The van der Waals surface area contributed by atoms with Crippen LogP contribution in [0.5, 0.6) is 0 Å². The number of hydrogen-bond acceptors (Lipinski definition) is 7. The number of rotatable bonds is 6. The van der Waals surface area contributed by atoms with Gasteiger partial charge in [-0.1, -0.05) is 19.0 Å². The minimum Gasteiger partial charge on any atom is -0.339 e. The van der Waals surface area contributed by atoms with Crippen molar-refractivity contribution >= 4 is 21.4 Å². The van der Waals surface area contributed by atoms with Crippen LogP contribution in [0.2, 0.25) is 0 Å². The van der Waals surface area contributed by atoms with Crippen molar-refractivity contribution in [2.45, 2.75) is 38.5 Å². The first-order chi connectivity index (χ1) is 12.0. The van der Waals surface area contributed by atoms with Crippen molar-refractivity contribution in [2.75, 3.05) is 32.7 Å². The standard InChI is InChI=1S/C16H24N4O3S2/c1-4-6-19-7-9-20(10-8-19)25(21,22)14-11-13(24-12(14)3)16-17-15(5-2)23-18-16/h11H,4-10H2,1-3H3. The Morgan fingerprint density at radius 2 is 1.96 bits per heavy atom. The molecule has 7 nitrogen and oxygen atoms in total. The average Bonchev–Trinajstić information content (AvgIpc) is 3.22. The number of aryl methyl sites for hydroxylation is 2. The summed E-state index contributed by atoms with van der Waals surface area (Å²) < 4.78 is 32.8. The molecule has 0 saturated carbocycles. The fourth-order valence-corrected chi connectivity index (χ4v) is 5.89. The highest BCUT2D eigenvalue weighted by molar-refractivity contribution is 7.89. The molecule has 1 aliphatic heterocycles. The SMILES string of the molecule is CCCN1CCN(S(=O)(=O)c2cc(-c3noc(CC)n3)sc2C)CC1. The fourth-order valence-electron chi connectivity index (χ4n) is 2.98. The summed E-state index contributed by atoms with van der Waals surface area (Å²) in [5.41, 5.74) is 0. The lowest BCUT2D eigenvalue weighted by molar-refractivity contribution is 0.188. The van der Waals surface area contributed by atoms with Crippen molar-refractivity contribution in [1.82, 2.24) is 19.3 Å². The zero-order chi connectivity index (χ0) is 18.0. The number of thiophene rings is 1. The van der Waals surface area contributed by atoms with Gasteiger partial charge in [-0.25, -0.2) is 8.42 Å². The Morgan fingerprint density at radius 3 is 2.56 bits per heavy atom. The number of piperazine rings is 1. The third-order valence-electron chi connectivity index (χ3n) is 4.35. The van der Waals surface area contributed by atoms with E-state index in [-0.39, 0.29) is 0 Å². The number of nitrogens with zero attached hydrogens (tertiary/aromatic N) is 4. The van der Waals surface area contributed by atoms with E-state index in [0.29, 0.717) is 36.1 Å². The maximum Gasteiger partial charge on any atom is 0.244 e. The second-order valence-corrected chi connectivity index (χ2v) is 9.30. The van der Waals surface area contributed by atoms with Gasteiger partial charge >= 0.3 is 0 Å². The molecule has 3 rings (SSSR count). The maximum absolute atomic E-state index is 13.0. The monoisotopic (exact) mass is 384 g/mol. The minimum atomic E-state index is -3.49. The summed E-state index contributed by atoms with van der Waals surface area (Å²) in [5.74, 6) is 1.01. The van der Waals surface area contributed by atoms with Crippen LogP contribution >= 0.6 is 11.3 Å². The third kappa shape index (κ3) is 3.79. The molecule has 1 saturated heterocycles. The largest absolute Gasteiger partial charge is 0.339 e. The average molecular weight is 385 g/mol. The van der Waals surface area contributed by atoms with Gasteiger partial charge in [0.05, 0.1) is 9.77 Å². The molecule has 138 valence electrons. The molecule has 0 aliphatic carbocycles. The molecule has 0 N–H and O–H groups in total. The highest BCUT2D eigenvalue weighted by Gasteiger charge is 2.31. The number of hydrogen-bond donors (Lipinski definition) is 0. The molecule has 0 radical (unpaired) electrons. The Bertz CT molecular complexity index is 820. The molecular weight excluding hydrogens is 360 g/mol. The van der Waals surface area contributed by atoms with Crippen LogP contribution < -0.4 is 0 Å². The summed E-state index contributed by atoms with van der Waals surface area (Å²) >= 11 is 1.39. The summed E-state index contributed by atoms with van der Waals surface area (Å²) in [6.07, 6.45) is 1.74. The second kappa shape index (κ2) is 7.53. The van der Waals surface area contributed by atoms with Crippen molar-refractivity contribution in [3.05, 3.63) is 16.8 Å². The predicted molar refractivity (Wildman–Crippen MR) is 97.2 cm³/mol. The first-order valence-corrected chi connectivity index (χ1v) is 10.9. The van der Waals surface area contributed by atoms with Gasteiger partial charge < -0.3 is 9.42 Å². The summed E-state index contributed by atoms with van der Waals surface area (Å²) in [4.78, 5) is 8.45. The van der Waals surface area contributed by atoms with Crippen LogP contribution in [0.4, 0.5) is 0 Å². The molecule has 9 heteroatoms. The molecule has 2 aromatic rings. The van der Waals surface area contributed by atoms with E-state index in [1.165, 1.54) is 11.3 Å². The van der Waals surface area contributed by atoms with Crippen LogP contribution in [0.25, 0.3) is 10.7 Å². The van der Waals surface area contributed by atoms with Crippen LogP contribution in [-0.2, 0) is 16.4 Å². The molecule has 0 atom stereocenters. The Balaban J connectivity index is 1.81. The number of aromatic nitrogens is 2. The molecule has 0 aromatic carbocycles. The predicted octanol–water partition coefficient (Wildman–Crippen LogP) is 2.39.